The molecule has 0 aliphatic carbocycles. The van der Waals surface area contributed by atoms with Crippen molar-refractivity contribution in [3.8, 4) is 0 Å². The number of nitrogens with two attached hydrogens (primary N) is 1. The van der Waals surface area contributed by atoms with E-state index in [1.807, 2.05) is 0 Å². The Balaban J connectivity index is 2.22. The van der Waals surface area contributed by atoms with Crippen LogP contribution in [0.15, 0.2) is 27.6 Å². The Morgan fingerprint density at radius 3 is 2.33 bits per heavy atom. The average molecular weight is 399 g/mol. The van der Waals surface area contributed by atoms with E-state index < -0.39 is 25.3 Å². The summed E-state index contributed by atoms with van der Waals surface area (Å²) in [6.45, 7) is 0.833. The number of primary sulfonamides is 1. The number of rotatable bonds is 4. The lowest BCUT2D eigenvalue weighted by Crippen LogP contribution is -2.33. The van der Waals surface area contributed by atoms with Crippen molar-refractivity contribution in [2.45, 2.75) is 23.0 Å². The fraction of sp³-hybridized carbons (Fsp3) is 0.455. The second-order valence-corrected chi connectivity index (χ2v) is 8.99. The fourth-order valence-electron chi connectivity index (χ4n) is 2.03. The highest BCUT2D eigenvalue weighted by Gasteiger charge is 2.28. The topological polar surface area (TPSA) is 116 Å². The molecule has 0 atom stereocenters. The van der Waals surface area contributed by atoms with Gasteiger partial charge in [-0.3, -0.25) is 4.72 Å². The summed E-state index contributed by atoms with van der Waals surface area (Å²) >= 11 is 3.07. The summed E-state index contributed by atoms with van der Waals surface area (Å²) in [5.74, 6) is 0. The molecule has 1 aliphatic rings. The average Bonchev–Trinajstić information content (AvgIpc) is 2.37. The Hall–Kier alpha value is -0.680. The molecule has 0 unspecified atom stereocenters. The van der Waals surface area contributed by atoms with E-state index in [4.69, 9.17) is 9.88 Å². The van der Waals surface area contributed by atoms with Gasteiger partial charge in [-0.25, -0.2) is 22.0 Å². The van der Waals surface area contributed by atoms with Crippen LogP contribution in [0.2, 0.25) is 0 Å². The zero-order chi connectivity index (χ0) is 15.7. The third-order valence-electron chi connectivity index (χ3n) is 3.11. The van der Waals surface area contributed by atoms with Crippen molar-refractivity contribution >= 4 is 41.7 Å². The van der Waals surface area contributed by atoms with Gasteiger partial charge in [0, 0.05) is 23.4 Å². The lowest BCUT2D eigenvalue weighted by Gasteiger charge is -2.22. The van der Waals surface area contributed by atoms with Crippen molar-refractivity contribution in [3.05, 3.63) is 22.7 Å². The van der Waals surface area contributed by atoms with E-state index in [1.165, 1.54) is 18.2 Å². The first-order valence-electron chi connectivity index (χ1n) is 6.12. The molecule has 1 fully saturated rings. The van der Waals surface area contributed by atoms with Crippen molar-refractivity contribution < 1.29 is 21.6 Å². The number of ether oxygens (including phenoxy) is 1. The van der Waals surface area contributed by atoms with Crippen LogP contribution in [-0.2, 0) is 24.8 Å². The lowest BCUT2D eigenvalue weighted by molar-refractivity contribution is 0.0984. The van der Waals surface area contributed by atoms with E-state index in [9.17, 15) is 16.8 Å². The van der Waals surface area contributed by atoms with Gasteiger partial charge in [-0.15, -0.1) is 0 Å². The molecule has 7 nitrogen and oxygen atoms in total. The number of anilines is 1. The maximum absolute atomic E-state index is 12.2. The Kier molecular flexibility index (Phi) is 4.93. The normalized spacial score (nSPS) is 17.6. The molecule has 10 heteroatoms. The van der Waals surface area contributed by atoms with Gasteiger partial charge in [0.05, 0.1) is 10.1 Å². The Morgan fingerprint density at radius 2 is 1.81 bits per heavy atom. The summed E-state index contributed by atoms with van der Waals surface area (Å²) in [6, 6.07) is 3.99. The molecule has 0 aromatic heterocycles. The summed E-state index contributed by atoms with van der Waals surface area (Å²) in [6.07, 6.45) is 0.873. The van der Waals surface area contributed by atoms with Crippen LogP contribution < -0.4 is 9.86 Å². The Morgan fingerprint density at radius 1 is 1.19 bits per heavy atom. The molecule has 2 rings (SSSR count). The zero-order valence-corrected chi connectivity index (χ0v) is 14.2. The van der Waals surface area contributed by atoms with E-state index in [2.05, 4.69) is 20.7 Å². The van der Waals surface area contributed by atoms with Crippen molar-refractivity contribution in [1.29, 1.82) is 0 Å². The number of benzene rings is 1. The largest absolute Gasteiger partial charge is 0.381 e. The van der Waals surface area contributed by atoms with Crippen LogP contribution in [-0.4, -0.2) is 35.3 Å². The quantitative estimate of drug-likeness (QED) is 0.784. The Bertz CT molecular complexity index is 727. The van der Waals surface area contributed by atoms with Gasteiger partial charge in [-0.2, -0.15) is 0 Å². The first-order valence-corrected chi connectivity index (χ1v) is 10.0. The molecule has 0 bridgehead atoms. The summed E-state index contributed by atoms with van der Waals surface area (Å²) in [4.78, 5) is -0.100. The van der Waals surface area contributed by atoms with Crippen molar-refractivity contribution in [1.82, 2.24) is 0 Å². The van der Waals surface area contributed by atoms with Crippen molar-refractivity contribution in [3.63, 3.8) is 0 Å². The molecule has 0 spiro atoms. The summed E-state index contributed by atoms with van der Waals surface area (Å²) in [5.41, 5.74) is 0.278. The van der Waals surface area contributed by atoms with E-state index in [0.717, 1.165) is 0 Å². The third-order valence-corrected chi connectivity index (χ3v) is 6.86. The van der Waals surface area contributed by atoms with Crippen LogP contribution >= 0.6 is 15.9 Å². The molecule has 1 aliphatic heterocycles. The van der Waals surface area contributed by atoms with Gasteiger partial charge in [-0.05, 0) is 47.0 Å². The van der Waals surface area contributed by atoms with Crippen LogP contribution in [0, 0.1) is 0 Å². The van der Waals surface area contributed by atoms with Crippen LogP contribution in [0.4, 0.5) is 5.69 Å². The number of hydrogen-bond acceptors (Lipinski definition) is 5. The zero-order valence-electron chi connectivity index (χ0n) is 11.0. The first kappa shape index (κ1) is 16.7. The third kappa shape index (κ3) is 4.16. The molecule has 0 saturated carbocycles. The molecular weight excluding hydrogens is 384 g/mol. The maximum atomic E-state index is 12.2. The number of halogens is 1. The SMILES string of the molecule is NS(=O)(=O)c1ccc(NS(=O)(=O)C2CCOCC2)cc1Br. The van der Waals surface area contributed by atoms with E-state index >= 15 is 0 Å². The van der Waals surface area contributed by atoms with Gasteiger partial charge >= 0.3 is 0 Å². The van der Waals surface area contributed by atoms with Crippen LogP contribution in [0.1, 0.15) is 12.8 Å². The summed E-state index contributed by atoms with van der Waals surface area (Å²) in [5, 5.41) is 4.53. The molecule has 118 valence electrons. The minimum Gasteiger partial charge on any atom is -0.381 e. The molecule has 1 aromatic rings. The predicted molar refractivity (Wildman–Crippen MR) is 81.9 cm³/mol. The summed E-state index contributed by atoms with van der Waals surface area (Å²) in [7, 11) is -7.39. The molecule has 3 N–H and O–H groups in total. The predicted octanol–water partition coefficient (Wildman–Crippen LogP) is 1.02. The molecule has 0 radical (unpaired) electrons. The lowest BCUT2D eigenvalue weighted by atomic mass is 10.2. The van der Waals surface area contributed by atoms with E-state index in [1.54, 1.807) is 0 Å². The second kappa shape index (κ2) is 6.21. The standard InChI is InChI=1S/C11H15BrN2O5S2/c12-10-7-8(1-2-11(10)20(13,15)16)14-21(17,18)9-3-5-19-6-4-9/h1-2,7,9,14H,3-6H2,(H2,13,15,16). The fourth-order valence-corrected chi connectivity index (χ4v) is 5.11. The van der Waals surface area contributed by atoms with Gasteiger partial charge < -0.3 is 4.74 Å². The van der Waals surface area contributed by atoms with Gasteiger partial charge in [0.15, 0.2) is 0 Å². The van der Waals surface area contributed by atoms with Gasteiger partial charge in [0.1, 0.15) is 0 Å². The molecule has 0 amide bonds. The van der Waals surface area contributed by atoms with Crippen LogP contribution in [0.3, 0.4) is 0 Å². The minimum atomic E-state index is -3.86. The first-order chi connectivity index (χ1) is 9.70. The Labute approximate surface area is 132 Å². The van der Waals surface area contributed by atoms with Crippen LogP contribution in [0.5, 0.6) is 0 Å². The molecular formula is C11H15BrN2O5S2. The number of hydrogen-bond donors (Lipinski definition) is 2. The highest BCUT2D eigenvalue weighted by molar-refractivity contribution is 9.10. The number of nitrogens with one attached hydrogen (secondary N) is 1. The minimum absolute atomic E-state index is 0.100. The van der Waals surface area contributed by atoms with Crippen LogP contribution in [0.25, 0.3) is 0 Å². The van der Waals surface area contributed by atoms with Gasteiger partial charge in [0.2, 0.25) is 20.0 Å². The molecule has 21 heavy (non-hydrogen) atoms. The highest BCUT2D eigenvalue weighted by Crippen LogP contribution is 2.26. The highest BCUT2D eigenvalue weighted by atomic mass is 79.9. The van der Waals surface area contributed by atoms with Gasteiger partial charge in [-0.1, -0.05) is 0 Å². The van der Waals surface area contributed by atoms with E-state index in [-0.39, 0.29) is 15.1 Å². The van der Waals surface area contributed by atoms with Crippen molar-refractivity contribution in [2.24, 2.45) is 5.14 Å². The molecule has 1 heterocycles. The monoisotopic (exact) mass is 398 g/mol. The smallest absolute Gasteiger partial charge is 0.239 e. The number of sulfonamides is 2. The van der Waals surface area contributed by atoms with Gasteiger partial charge in [0.25, 0.3) is 0 Å². The second-order valence-electron chi connectivity index (χ2n) is 4.65. The summed E-state index contributed by atoms with van der Waals surface area (Å²) < 4.78 is 54.8. The van der Waals surface area contributed by atoms with E-state index in [0.29, 0.717) is 26.1 Å². The van der Waals surface area contributed by atoms with Crippen molar-refractivity contribution in [2.75, 3.05) is 17.9 Å². The molecule has 1 saturated heterocycles. The molecule has 1 aromatic carbocycles. The maximum Gasteiger partial charge on any atom is 0.239 e.